The molecule has 0 aliphatic heterocycles. The molecule has 0 fully saturated rings. The lowest BCUT2D eigenvalue weighted by Crippen LogP contribution is -2.01. The molecule has 0 spiro atoms. The van der Waals surface area contributed by atoms with Gasteiger partial charge in [0.2, 0.25) is 0 Å². The van der Waals surface area contributed by atoms with Gasteiger partial charge in [0, 0.05) is 12.0 Å². The predicted octanol–water partition coefficient (Wildman–Crippen LogP) is 2.99. The first-order valence-corrected chi connectivity index (χ1v) is 4.99. The van der Waals surface area contributed by atoms with E-state index in [1.165, 1.54) is 4.90 Å². The molecule has 12 heavy (non-hydrogen) atoms. The van der Waals surface area contributed by atoms with Crippen molar-refractivity contribution in [3.05, 3.63) is 30.3 Å². The number of methoxy groups -OCH3 is 1. The molecule has 1 atom stereocenters. The van der Waals surface area contributed by atoms with E-state index in [9.17, 15) is 0 Å². The van der Waals surface area contributed by atoms with Crippen molar-refractivity contribution in [2.75, 3.05) is 13.7 Å². The first-order chi connectivity index (χ1) is 5.83. The van der Waals surface area contributed by atoms with Gasteiger partial charge in [-0.15, -0.1) is 23.4 Å². The third-order valence-corrected chi connectivity index (χ3v) is 2.63. The first kappa shape index (κ1) is 9.90. The second-order valence-electron chi connectivity index (χ2n) is 2.30. The van der Waals surface area contributed by atoms with Crippen LogP contribution in [0.3, 0.4) is 0 Å². The number of hydrogen-bond donors (Lipinski definition) is 0. The molecule has 1 unspecified atom stereocenters. The number of rotatable bonds is 4. The molecular formula is C9H11ClOS. The summed E-state index contributed by atoms with van der Waals surface area (Å²) in [6, 6.07) is 10.1. The Bertz CT molecular complexity index is 215. The number of halogens is 1. The minimum atomic E-state index is -0.00241. The lowest BCUT2D eigenvalue weighted by atomic mass is 10.4. The molecule has 0 aliphatic carbocycles. The van der Waals surface area contributed by atoms with Crippen molar-refractivity contribution in [1.29, 1.82) is 0 Å². The van der Waals surface area contributed by atoms with Crippen LogP contribution in [0.15, 0.2) is 35.2 Å². The Kier molecular flexibility index (Phi) is 4.51. The van der Waals surface area contributed by atoms with Crippen LogP contribution in [0.5, 0.6) is 0 Å². The molecule has 66 valence electrons. The highest BCUT2D eigenvalue weighted by molar-refractivity contribution is 8.01. The zero-order chi connectivity index (χ0) is 8.81. The van der Waals surface area contributed by atoms with Crippen molar-refractivity contribution >= 4 is 23.4 Å². The average molecular weight is 203 g/mol. The molecule has 0 aromatic heterocycles. The van der Waals surface area contributed by atoms with Gasteiger partial charge in [0.25, 0.3) is 0 Å². The van der Waals surface area contributed by atoms with E-state index in [1.54, 1.807) is 18.9 Å². The van der Waals surface area contributed by atoms with Crippen LogP contribution in [0.25, 0.3) is 0 Å². The molecule has 0 saturated heterocycles. The van der Waals surface area contributed by atoms with Crippen molar-refractivity contribution in [2.24, 2.45) is 0 Å². The van der Waals surface area contributed by atoms with Gasteiger partial charge < -0.3 is 4.74 Å². The van der Waals surface area contributed by atoms with Gasteiger partial charge >= 0.3 is 0 Å². The number of alkyl halides is 1. The first-order valence-electron chi connectivity index (χ1n) is 3.67. The minimum Gasteiger partial charge on any atom is -0.382 e. The summed E-state index contributed by atoms with van der Waals surface area (Å²) < 4.78 is 4.92. The monoisotopic (exact) mass is 202 g/mol. The number of ether oxygens (including phenoxy) is 1. The van der Waals surface area contributed by atoms with Crippen LogP contribution in [0.1, 0.15) is 0 Å². The molecule has 0 radical (unpaired) electrons. The van der Waals surface area contributed by atoms with Crippen LogP contribution >= 0.6 is 23.4 Å². The van der Waals surface area contributed by atoms with E-state index >= 15 is 0 Å². The van der Waals surface area contributed by atoms with Gasteiger partial charge in [-0.2, -0.15) is 0 Å². The summed E-state index contributed by atoms with van der Waals surface area (Å²) in [6.45, 7) is 0.571. The van der Waals surface area contributed by atoms with Crippen LogP contribution in [-0.2, 0) is 4.74 Å². The second-order valence-corrected chi connectivity index (χ2v) is 4.36. The number of thioether (sulfide) groups is 1. The molecule has 0 bridgehead atoms. The fourth-order valence-corrected chi connectivity index (χ4v) is 2.06. The Labute approximate surface area is 82.1 Å². The lowest BCUT2D eigenvalue weighted by molar-refractivity contribution is 0.212. The van der Waals surface area contributed by atoms with Crippen molar-refractivity contribution in [3.8, 4) is 0 Å². The molecular weight excluding hydrogens is 192 g/mol. The van der Waals surface area contributed by atoms with Crippen molar-refractivity contribution in [3.63, 3.8) is 0 Å². The van der Waals surface area contributed by atoms with E-state index in [1.807, 2.05) is 30.3 Å². The zero-order valence-corrected chi connectivity index (χ0v) is 8.44. The third kappa shape index (κ3) is 3.48. The maximum atomic E-state index is 5.95. The summed E-state index contributed by atoms with van der Waals surface area (Å²) in [5, 5.41) is 0. The molecule has 0 amide bonds. The van der Waals surface area contributed by atoms with Crippen molar-refractivity contribution in [1.82, 2.24) is 0 Å². The van der Waals surface area contributed by atoms with E-state index in [-0.39, 0.29) is 4.71 Å². The van der Waals surface area contributed by atoms with E-state index in [2.05, 4.69) is 0 Å². The molecule has 0 heterocycles. The van der Waals surface area contributed by atoms with Crippen LogP contribution in [0.2, 0.25) is 0 Å². The maximum Gasteiger partial charge on any atom is 0.107 e. The third-order valence-electron chi connectivity index (χ3n) is 1.30. The summed E-state index contributed by atoms with van der Waals surface area (Å²) in [4.78, 5) is 1.18. The quantitative estimate of drug-likeness (QED) is 0.549. The molecule has 1 aromatic rings. The Balaban J connectivity index is 2.41. The van der Waals surface area contributed by atoms with Gasteiger partial charge in [0.05, 0.1) is 6.61 Å². The molecule has 1 nitrogen and oxygen atoms in total. The molecule has 3 heteroatoms. The van der Waals surface area contributed by atoms with E-state index in [4.69, 9.17) is 16.3 Å². The van der Waals surface area contributed by atoms with Crippen LogP contribution in [0.4, 0.5) is 0 Å². The van der Waals surface area contributed by atoms with Gasteiger partial charge in [0.15, 0.2) is 0 Å². The van der Waals surface area contributed by atoms with E-state index < -0.39 is 0 Å². The smallest absolute Gasteiger partial charge is 0.107 e. The van der Waals surface area contributed by atoms with Crippen LogP contribution in [-0.4, -0.2) is 18.4 Å². The largest absolute Gasteiger partial charge is 0.382 e. The standard InChI is InChI=1S/C9H11ClOS/c1-11-7-9(10)12-8-5-3-2-4-6-8/h2-6,9H,7H2,1H3. The molecule has 0 aliphatic rings. The van der Waals surface area contributed by atoms with Gasteiger partial charge in [-0.3, -0.25) is 0 Å². The van der Waals surface area contributed by atoms with Gasteiger partial charge in [-0.05, 0) is 12.1 Å². The summed E-state index contributed by atoms with van der Waals surface area (Å²) in [6.07, 6.45) is 0. The van der Waals surface area contributed by atoms with Gasteiger partial charge in [0.1, 0.15) is 4.71 Å². The topological polar surface area (TPSA) is 9.23 Å². The molecule has 0 saturated carbocycles. The van der Waals surface area contributed by atoms with E-state index in [0.717, 1.165) is 0 Å². The Hall–Kier alpha value is -0.180. The second kappa shape index (κ2) is 5.46. The summed E-state index contributed by atoms with van der Waals surface area (Å²) in [7, 11) is 1.65. The van der Waals surface area contributed by atoms with Crippen molar-refractivity contribution in [2.45, 2.75) is 9.60 Å². The lowest BCUT2D eigenvalue weighted by Gasteiger charge is -2.06. The summed E-state index contributed by atoms with van der Waals surface area (Å²) in [5.41, 5.74) is 0. The summed E-state index contributed by atoms with van der Waals surface area (Å²) >= 11 is 7.56. The highest BCUT2D eigenvalue weighted by Gasteiger charge is 2.04. The predicted molar refractivity (Wildman–Crippen MR) is 53.8 cm³/mol. The Morgan fingerprint density at radius 1 is 1.42 bits per heavy atom. The van der Waals surface area contributed by atoms with Gasteiger partial charge in [-0.1, -0.05) is 18.2 Å². The molecule has 1 aromatic carbocycles. The number of benzene rings is 1. The molecule has 0 N–H and O–H groups in total. The summed E-state index contributed by atoms with van der Waals surface area (Å²) in [5.74, 6) is 0. The Morgan fingerprint density at radius 2 is 2.08 bits per heavy atom. The fraction of sp³-hybridized carbons (Fsp3) is 0.333. The normalized spacial score (nSPS) is 12.8. The highest BCUT2D eigenvalue weighted by Crippen LogP contribution is 2.25. The van der Waals surface area contributed by atoms with E-state index in [0.29, 0.717) is 6.61 Å². The van der Waals surface area contributed by atoms with Gasteiger partial charge in [-0.25, -0.2) is 0 Å². The number of hydrogen-bond acceptors (Lipinski definition) is 2. The fourth-order valence-electron chi connectivity index (χ4n) is 0.812. The van der Waals surface area contributed by atoms with Crippen LogP contribution in [0, 0.1) is 0 Å². The SMILES string of the molecule is COCC(Cl)Sc1ccccc1. The van der Waals surface area contributed by atoms with Crippen molar-refractivity contribution < 1.29 is 4.74 Å². The highest BCUT2D eigenvalue weighted by atomic mass is 35.5. The maximum absolute atomic E-state index is 5.95. The Morgan fingerprint density at radius 3 is 2.67 bits per heavy atom. The molecule has 1 rings (SSSR count). The van der Waals surface area contributed by atoms with Crippen LogP contribution < -0.4 is 0 Å². The minimum absolute atomic E-state index is 0.00241. The zero-order valence-electron chi connectivity index (χ0n) is 6.87. The average Bonchev–Trinajstić information content (AvgIpc) is 2.06.